The number of rotatable bonds is 5. The Bertz CT molecular complexity index is 945. The Labute approximate surface area is 165 Å². The Morgan fingerprint density at radius 1 is 1.52 bits per heavy atom. The van der Waals surface area contributed by atoms with Crippen LogP contribution < -0.4 is 16.5 Å². The SMILES string of the molecule is CN=C(NOC(=O)NCCN)C1c2c(cnn2C)C2CN1C(=O)N2OS(=O)(=O)O. The zero-order valence-electron chi connectivity index (χ0n) is 15.5. The molecular weight excluding hydrogens is 412 g/mol. The predicted molar refractivity (Wildman–Crippen MR) is 95.3 cm³/mol. The highest BCUT2D eigenvalue weighted by molar-refractivity contribution is 7.80. The van der Waals surface area contributed by atoms with Gasteiger partial charge in [-0.15, -0.1) is 4.28 Å². The van der Waals surface area contributed by atoms with Crippen LogP contribution in [0.4, 0.5) is 9.59 Å². The number of aromatic nitrogens is 2. The summed E-state index contributed by atoms with van der Waals surface area (Å²) in [4.78, 5) is 34.6. The molecule has 2 aliphatic rings. The van der Waals surface area contributed by atoms with E-state index in [0.29, 0.717) is 16.3 Å². The van der Waals surface area contributed by atoms with Gasteiger partial charge in [0.25, 0.3) is 0 Å². The number of carbonyl (C=O) groups is 2. The van der Waals surface area contributed by atoms with Gasteiger partial charge in [-0.2, -0.15) is 18.6 Å². The molecule has 1 fully saturated rings. The molecule has 1 aromatic heterocycles. The minimum atomic E-state index is -4.93. The number of fused-ring (bicyclic) bond motifs is 4. The molecule has 1 saturated heterocycles. The second-order valence-corrected chi connectivity index (χ2v) is 7.11. The van der Waals surface area contributed by atoms with Crippen molar-refractivity contribution in [1.29, 1.82) is 0 Å². The van der Waals surface area contributed by atoms with Crippen molar-refractivity contribution in [3.05, 3.63) is 17.5 Å². The van der Waals surface area contributed by atoms with Crippen molar-refractivity contribution in [3.63, 3.8) is 0 Å². The van der Waals surface area contributed by atoms with Gasteiger partial charge in [0.2, 0.25) is 0 Å². The Kier molecular flexibility index (Phi) is 5.60. The van der Waals surface area contributed by atoms with Crippen molar-refractivity contribution in [2.45, 2.75) is 12.1 Å². The zero-order chi connectivity index (χ0) is 21.3. The van der Waals surface area contributed by atoms with Gasteiger partial charge in [0.1, 0.15) is 12.1 Å². The summed E-state index contributed by atoms with van der Waals surface area (Å²) in [7, 11) is -1.89. The summed E-state index contributed by atoms with van der Waals surface area (Å²) in [5.74, 6) is 0.0817. The molecule has 2 atom stereocenters. The molecule has 0 aliphatic carbocycles. The lowest BCUT2D eigenvalue weighted by Gasteiger charge is -2.31. The van der Waals surface area contributed by atoms with E-state index in [-0.39, 0.29) is 25.5 Å². The van der Waals surface area contributed by atoms with Gasteiger partial charge in [0.15, 0.2) is 5.84 Å². The van der Waals surface area contributed by atoms with Crippen LogP contribution in [0.3, 0.4) is 0 Å². The highest BCUT2D eigenvalue weighted by Crippen LogP contribution is 2.44. The lowest BCUT2D eigenvalue weighted by Crippen LogP contribution is -2.46. The average Bonchev–Trinajstić information content (AvgIpc) is 3.16. The molecule has 2 aliphatic heterocycles. The Morgan fingerprint density at radius 2 is 2.24 bits per heavy atom. The molecule has 2 unspecified atom stereocenters. The summed E-state index contributed by atoms with van der Waals surface area (Å²) >= 11 is 0. The van der Waals surface area contributed by atoms with E-state index in [2.05, 4.69) is 25.2 Å². The van der Waals surface area contributed by atoms with Crippen LogP contribution in [-0.2, 0) is 26.6 Å². The first-order valence-electron chi connectivity index (χ1n) is 8.34. The summed E-state index contributed by atoms with van der Waals surface area (Å²) < 4.78 is 37.3. The first-order valence-corrected chi connectivity index (χ1v) is 9.70. The number of hydrogen-bond acceptors (Lipinski definition) is 9. The molecule has 15 nitrogen and oxygen atoms in total. The van der Waals surface area contributed by atoms with E-state index in [1.807, 2.05) is 0 Å². The minimum absolute atomic E-state index is 0.0256. The lowest BCUT2D eigenvalue weighted by atomic mass is 9.97. The number of aliphatic imine (C=N–C) groups is 1. The molecule has 29 heavy (non-hydrogen) atoms. The minimum Gasteiger partial charge on any atom is -0.329 e. The summed E-state index contributed by atoms with van der Waals surface area (Å²) in [6.07, 6.45) is 0.644. The second kappa shape index (κ2) is 7.82. The van der Waals surface area contributed by atoms with Crippen molar-refractivity contribution in [2.75, 3.05) is 26.7 Å². The van der Waals surface area contributed by atoms with E-state index in [0.717, 1.165) is 0 Å². The number of nitrogens with two attached hydrogens (primary N) is 1. The van der Waals surface area contributed by atoms with E-state index in [4.69, 9.17) is 15.1 Å². The van der Waals surface area contributed by atoms with Crippen LogP contribution in [0.5, 0.6) is 0 Å². The lowest BCUT2D eigenvalue weighted by molar-refractivity contribution is -0.0316. The molecule has 2 bridgehead atoms. The number of urea groups is 1. The summed E-state index contributed by atoms with van der Waals surface area (Å²) in [6.45, 7) is 0.443. The Morgan fingerprint density at radius 3 is 2.86 bits per heavy atom. The molecule has 0 radical (unpaired) electrons. The van der Waals surface area contributed by atoms with E-state index in [1.165, 1.54) is 22.8 Å². The maximum absolute atomic E-state index is 12.8. The van der Waals surface area contributed by atoms with Gasteiger partial charge in [-0.1, -0.05) is 0 Å². The largest absolute Gasteiger partial charge is 0.431 e. The third kappa shape index (κ3) is 3.95. The second-order valence-electron chi connectivity index (χ2n) is 6.11. The first-order chi connectivity index (χ1) is 13.7. The fourth-order valence-corrected chi connectivity index (χ4v) is 3.61. The zero-order valence-corrected chi connectivity index (χ0v) is 16.3. The van der Waals surface area contributed by atoms with Crippen LogP contribution in [0, 0.1) is 0 Å². The van der Waals surface area contributed by atoms with Crippen LogP contribution >= 0.6 is 0 Å². The molecule has 5 N–H and O–H groups in total. The monoisotopic (exact) mass is 432 g/mol. The van der Waals surface area contributed by atoms with E-state index in [1.54, 1.807) is 7.05 Å². The number of hydroxylamine groups is 3. The highest BCUT2D eigenvalue weighted by atomic mass is 32.3. The van der Waals surface area contributed by atoms with Crippen LogP contribution in [-0.4, -0.2) is 77.4 Å². The van der Waals surface area contributed by atoms with E-state index >= 15 is 0 Å². The number of nitrogens with one attached hydrogen (secondary N) is 2. The Hall–Kier alpha value is -2.95. The van der Waals surface area contributed by atoms with Crippen LogP contribution in [0.15, 0.2) is 11.2 Å². The van der Waals surface area contributed by atoms with Crippen LogP contribution in [0.25, 0.3) is 0 Å². The van der Waals surface area contributed by atoms with Gasteiger partial charge in [-0.3, -0.25) is 14.2 Å². The molecule has 160 valence electrons. The topological polar surface area (TPSA) is 194 Å². The molecule has 3 amide bonds. The molecule has 3 heterocycles. The maximum Gasteiger partial charge on any atom is 0.431 e. The van der Waals surface area contributed by atoms with E-state index < -0.39 is 34.6 Å². The standard InChI is InChI=1S/C13H20N8O7S/c1-15-11(18-27-12(22)16-4-3-14)10-9-7(5-17-19(9)2)8-6-20(10)13(23)21(8)28-29(24,25)26/h5,8,10H,3-4,6,14H2,1-2H3,(H,15,18)(H,16,22)(H,24,25,26). The van der Waals surface area contributed by atoms with Crippen molar-refractivity contribution in [1.82, 2.24) is 30.5 Å². The highest BCUT2D eigenvalue weighted by Gasteiger charge is 2.53. The summed E-state index contributed by atoms with van der Waals surface area (Å²) in [6, 6.07) is -2.54. The molecule has 0 aromatic carbocycles. The number of amides is 3. The van der Waals surface area contributed by atoms with Gasteiger partial charge >= 0.3 is 22.5 Å². The molecule has 0 saturated carbocycles. The van der Waals surface area contributed by atoms with Crippen LogP contribution in [0.2, 0.25) is 0 Å². The third-order valence-corrected chi connectivity index (χ3v) is 4.72. The molecular formula is C13H20N8O7S. The molecule has 3 rings (SSSR count). The summed E-state index contributed by atoms with van der Waals surface area (Å²) in [5.41, 5.74) is 8.69. The van der Waals surface area contributed by atoms with E-state index in [9.17, 15) is 18.0 Å². The van der Waals surface area contributed by atoms with Crippen molar-refractivity contribution in [2.24, 2.45) is 17.8 Å². The number of hydrogen-bond donors (Lipinski definition) is 4. The van der Waals surface area contributed by atoms with Gasteiger partial charge in [-0.25, -0.2) is 15.1 Å². The van der Waals surface area contributed by atoms with Gasteiger partial charge in [0.05, 0.1) is 18.4 Å². The molecule has 16 heteroatoms. The third-order valence-electron chi connectivity index (χ3n) is 4.37. The fraction of sp³-hybridized carbons (Fsp3) is 0.538. The van der Waals surface area contributed by atoms with Crippen molar-refractivity contribution >= 4 is 28.4 Å². The first kappa shape index (κ1) is 20.8. The summed E-state index contributed by atoms with van der Waals surface area (Å²) in [5, 5.41) is 7.09. The molecule has 0 spiro atoms. The molecule has 1 aromatic rings. The normalized spacial score (nSPS) is 21.2. The average molecular weight is 432 g/mol. The number of nitrogens with zero attached hydrogens (tertiary/aromatic N) is 5. The van der Waals surface area contributed by atoms with Crippen LogP contribution in [0.1, 0.15) is 23.3 Å². The number of carbonyl (C=O) groups excluding carboxylic acids is 2. The van der Waals surface area contributed by atoms with Gasteiger partial charge in [0, 0.05) is 32.7 Å². The van der Waals surface area contributed by atoms with Crippen molar-refractivity contribution in [3.8, 4) is 0 Å². The maximum atomic E-state index is 12.8. The number of amidine groups is 1. The van der Waals surface area contributed by atoms with Crippen molar-refractivity contribution < 1.29 is 31.7 Å². The van der Waals surface area contributed by atoms with Gasteiger partial charge in [-0.05, 0) is 0 Å². The smallest absolute Gasteiger partial charge is 0.329 e. The number of aryl methyl sites for hydroxylation is 1. The predicted octanol–water partition coefficient (Wildman–Crippen LogP) is -1.79. The van der Waals surface area contributed by atoms with Gasteiger partial charge < -0.3 is 20.8 Å². The Balaban J connectivity index is 1.91. The quantitative estimate of drug-likeness (QED) is 0.178. The fourth-order valence-electron chi connectivity index (χ4n) is 3.24.